The van der Waals surface area contributed by atoms with E-state index in [0.29, 0.717) is 18.0 Å². The van der Waals surface area contributed by atoms with E-state index in [9.17, 15) is 0 Å². The number of nitrogens with zero attached hydrogens (tertiary/aromatic N) is 1. The molecule has 1 aliphatic heterocycles. The fraction of sp³-hybridized carbons (Fsp3) is 0.625. The average Bonchev–Trinajstić information content (AvgIpc) is 2.47. The molecule has 3 nitrogen and oxygen atoms in total. The van der Waals surface area contributed by atoms with Crippen LogP contribution in [0.5, 0.6) is 5.75 Å². The molecule has 0 aromatic heterocycles. The molecule has 19 heavy (non-hydrogen) atoms. The first kappa shape index (κ1) is 14.2. The molecule has 2 rings (SSSR count). The molecule has 0 radical (unpaired) electrons. The lowest BCUT2D eigenvalue weighted by Crippen LogP contribution is -2.57. The monoisotopic (exact) mass is 262 g/mol. The van der Waals surface area contributed by atoms with Crippen molar-refractivity contribution in [2.45, 2.75) is 39.3 Å². The molecule has 1 N–H and O–H groups in total. The molecule has 0 saturated carbocycles. The van der Waals surface area contributed by atoms with Crippen molar-refractivity contribution in [1.29, 1.82) is 0 Å². The van der Waals surface area contributed by atoms with Crippen molar-refractivity contribution in [3.63, 3.8) is 0 Å². The third-order valence-electron chi connectivity index (χ3n) is 4.33. The number of benzene rings is 1. The zero-order valence-electron chi connectivity index (χ0n) is 12.5. The van der Waals surface area contributed by atoms with Crippen molar-refractivity contribution in [2.75, 3.05) is 25.1 Å². The minimum absolute atomic E-state index is 0.497. The first-order chi connectivity index (χ1) is 9.17. The minimum atomic E-state index is 0.497. The van der Waals surface area contributed by atoms with Gasteiger partial charge in [0.25, 0.3) is 0 Å². The molecule has 1 fully saturated rings. The highest BCUT2D eigenvalue weighted by atomic mass is 16.5. The van der Waals surface area contributed by atoms with Crippen LogP contribution in [0.2, 0.25) is 0 Å². The summed E-state index contributed by atoms with van der Waals surface area (Å²) in [7, 11) is 1.75. The number of methoxy groups -OCH3 is 1. The highest BCUT2D eigenvalue weighted by molar-refractivity contribution is 5.59. The molecule has 0 amide bonds. The van der Waals surface area contributed by atoms with Crippen LogP contribution in [0.4, 0.5) is 5.69 Å². The zero-order valence-corrected chi connectivity index (χ0v) is 12.5. The van der Waals surface area contributed by atoms with Crippen LogP contribution in [0.3, 0.4) is 0 Å². The number of hydrogen-bond acceptors (Lipinski definition) is 3. The third-order valence-corrected chi connectivity index (χ3v) is 4.33. The van der Waals surface area contributed by atoms with Gasteiger partial charge >= 0.3 is 0 Å². The second-order valence-corrected chi connectivity index (χ2v) is 5.57. The van der Waals surface area contributed by atoms with E-state index in [1.807, 2.05) is 12.1 Å². The van der Waals surface area contributed by atoms with Gasteiger partial charge in [0.15, 0.2) is 0 Å². The van der Waals surface area contributed by atoms with Gasteiger partial charge in [-0.15, -0.1) is 0 Å². The van der Waals surface area contributed by atoms with Crippen molar-refractivity contribution >= 4 is 5.69 Å². The highest BCUT2D eigenvalue weighted by Crippen LogP contribution is 2.31. The van der Waals surface area contributed by atoms with Crippen LogP contribution in [0.1, 0.15) is 27.2 Å². The molecule has 106 valence electrons. The van der Waals surface area contributed by atoms with Gasteiger partial charge in [-0.25, -0.2) is 0 Å². The predicted octanol–water partition coefficient (Wildman–Crippen LogP) is 2.91. The van der Waals surface area contributed by atoms with E-state index in [0.717, 1.165) is 18.8 Å². The minimum Gasteiger partial charge on any atom is -0.495 e. The van der Waals surface area contributed by atoms with Gasteiger partial charge < -0.3 is 15.0 Å². The SMILES string of the molecule is CCC(C)C1CN(c2ccccc2OC)C(C)CN1. The van der Waals surface area contributed by atoms with Crippen molar-refractivity contribution < 1.29 is 4.74 Å². The lowest BCUT2D eigenvalue weighted by atomic mass is 9.95. The zero-order chi connectivity index (χ0) is 13.8. The van der Waals surface area contributed by atoms with E-state index >= 15 is 0 Å². The van der Waals surface area contributed by atoms with Gasteiger partial charge in [0.1, 0.15) is 5.75 Å². The second kappa shape index (κ2) is 6.29. The van der Waals surface area contributed by atoms with E-state index in [2.05, 4.69) is 43.1 Å². The smallest absolute Gasteiger partial charge is 0.142 e. The van der Waals surface area contributed by atoms with Gasteiger partial charge in [0.05, 0.1) is 12.8 Å². The summed E-state index contributed by atoms with van der Waals surface area (Å²) in [5.41, 5.74) is 1.22. The van der Waals surface area contributed by atoms with Crippen LogP contribution in [-0.2, 0) is 0 Å². The molecule has 1 aromatic rings. The van der Waals surface area contributed by atoms with Crippen molar-refractivity contribution in [3.8, 4) is 5.75 Å². The summed E-state index contributed by atoms with van der Waals surface area (Å²) in [6, 6.07) is 9.38. The fourth-order valence-corrected chi connectivity index (χ4v) is 2.76. The molecule has 1 aromatic carbocycles. The highest BCUT2D eigenvalue weighted by Gasteiger charge is 2.29. The van der Waals surface area contributed by atoms with Crippen LogP contribution in [-0.4, -0.2) is 32.3 Å². The Labute approximate surface area is 116 Å². The lowest BCUT2D eigenvalue weighted by molar-refractivity contribution is 0.313. The maximum absolute atomic E-state index is 5.51. The van der Waals surface area contributed by atoms with E-state index in [1.165, 1.54) is 12.1 Å². The Kier molecular flexibility index (Phi) is 4.70. The Balaban J connectivity index is 2.21. The topological polar surface area (TPSA) is 24.5 Å². The third kappa shape index (κ3) is 3.03. The van der Waals surface area contributed by atoms with E-state index in [4.69, 9.17) is 4.74 Å². The molecule has 0 bridgehead atoms. The van der Waals surface area contributed by atoms with Gasteiger partial charge in [0.2, 0.25) is 0 Å². The lowest BCUT2D eigenvalue weighted by Gasteiger charge is -2.42. The van der Waals surface area contributed by atoms with Gasteiger partial charge in [-0.2, -0.15) is 0 Å². The summed E-state index contributed by atoms with van der Waals surface area (Å²) in [6.45, 7) is 8.95. The standard InChI is InChI=1S/C16H26N2O/c1-5-12(2)14-11-18(13(3)10-17-14)15-8-6-7-9-16(15)19-4/h6-9,12-14,17H,5,10-11H2,1-4H3. The van der Waals surface area contributed by atoms with Crippen LogP contribution < -0.4 is 15.0 Å². The van der Waals surface area contributed by atoms with E-state index in [1.54, 1.807) is 7.11 Å². The Morgan fingerprint density at radius 2 is 2.16 bits per heavy atom. The van der Waals surface area contributed by atoms with Gasteiger partial charge in [-0.3, -0.25) is 0 Å². The summed E-state index contributed by atoms with van der Waals surface area (Å²) >= 11 is 0. The van der Waals surface area contributed by atoms with Crippen LogP contribution in [0, 0.1) is 5.92 Å². The molecular weight excluding hydrogens is 236 g/mol. The van der Waals surface area contributed by atoms with Crippen LogP contribution in [0.15, 0.2) is 24.3 Å². The number of anilines is 1. The Bertz CT molecular complexity index is 407. The summed E-state index contributed by atoms with van der Waals surface area (Å²) in [6.07, 6.45) is 1.21. The van der Waals surface area contributed by atoms with Gasteiger partial charge in [-0.1, -0.05) is 32.4 Å². The first-order valence-electron chi connectivity index (χ1n) is 7.30. The Hall–Kier alpha value is -1.22. The van der Waals surface area contributed by atoms with Crippen molar-refractivity contribution in [3.05, 3.63) is 24.3 Å². The number of ether oxygens (including phenoxy) is 1. The van der Waals surface area contributed by atoms with Gasteiger partial charge in [0, 0.05) is 25.2 Å². The molecule has 3 atom stereocenters. The maximum Gasteiger partial charge on any atom is 0.142 e. The normalized spacial score (nSPS) is 25.2. The van der Waals surface area contributed by atoms with Crippen molar-refractivity contribution in [1.82, 2.24) is 5.32 Å². The molecule has 1 saturated heterocycles. The number of hydrogen-bond donors (Lipinski definition) is 1. The summed E-state index contributed by atoms with van der Waals surface area (Å²) in [4.78, 5) is 2.48. The quantitative estimate of drug-likeness (QED) is 0.903. The van der Waals surface area contributed by atoms with Crippen LogP contribution in [0.25, 0.3) is 0 Å². The largest absolute Gasteiger partial charge is 0.495 e. The molecule has 3 heteroatoms. The predicted molar refractivity (Wildman–Crippen MR) is 81.0 cm³/mol. The fourth-order valence-electron chi connectivity index (χ4n) is 2.76. The van der Waals surface area contributed by atoms with Gasteiger partial charge in [-0.05, 0) is 25.0 Å². The maximum atomic E-state index is 5.51. The number of rotatable bonds is 4. The van der Waals surface area contributed by atoms with Crippen LogP contribution >= 0.6 is 0 Å². The van der Waals surface area contributed by atoms with E-state index < -0.39 is 0 Å². The number of piperazine rings is 1. The van der Waals surface area contributed by atoms with E-state index in [-0.39, 0.29) is 0 Å². The molecule has 1 aliphatic rings. The second-order valence-electron chi connectivity index (χ2n) is 5.57. The van der Waals surface area contributed by atoms with Crippen molar-refractivity contribution in [2.24, 2.45) is 5.92 Å². The first-order valence-corrected chi connectivity index (χ1v) is 7.30. The molecular formula is C16H26N2O. The molecule has 3 unspecified atom stereocenters. The Morgan fingerprint density at radius 3 is 2.84 bits per heavy atom. The number of para-hydroxylation sites is 2. The molecule has 0 aliphatic carbocycles. The molecule has 1 heterocycles. The average molecular weight is 262 g/mol. The molecule has 0 spiro atoms. The summed E-state index contributed by atoms with van der Waals surface area (Å²) < 4.78 is 5.51. The number of nitrogens with one attached hydrogen (secondary N) is 1. The summed E-state index contributed by atoms with van der Waals surface area (Å²) in [5.74, 6) is 1.67. The Morgan fingerprint density at radius 1 is 1.42 bits per heavy atom. The summed E-state index contributed by atoms with van der Waals surface area (Å²) in [5, 5.41) is 3.67.